The van der Waals surface area contributed by atoms with Gasteiger partial charge in [-0.15, -0.1) is 0 Å². The van der Waals surface area contributed by atoms with Crippen molar-refractivity contribution in [3.63, 3.8) is 0 Å². The number of hydrogen-bond acceptors (Lipinski definition) is 5. The molecule has 0 atom stereocenters. The first-order valence-corrected chi connectivity index (χ1v) is 7.59. The van der Waals surface area contributed by atoms with E-state index in [0.717, 1.165) is 12.3 Å². The molecule has 1 rings (SSSR count). The lowest BCUT2D eigenvalue weighted by atomic mass is 10.3. The van der Waals surface area contributed by atoms with Crippen LogP contribution in [0.25, 0.3) is 0 Å². The topological polar surface area (TPSA) is 106 Å². The molecule has 8 heteroatoms. The molecule has 0 fully saturated rings. The molecule has 0 bridgehead atoms. The Morgan fingerprint density at radius 2 is 1.75 bits per heavy atom. The number of hydrogen-bond donors (Lipinski definition) is 2. The van der Waals surface area contributed by atoms with Gasteiger partial charge in [-0.25, -0.2) is 21.6 Å². The highest BCUT2D eigenvalue weighted by Crippen LogP contribution is 2.21. The Hall–Kier alpha value is -1.12. The first-order valence-electron chi connectivity index (χ1n) is 4.21. The van der Waals surface area contributed by atoms with E-state index in [2.05, 4.69) is 4.72 Å². The Morgan fingerprint density at radius 1 is 1.19 bits per heavy atom. The summed E-state index contributed by atoms with van der Waals surface area (Å²) in [5.74, 6) is 0. The standard InChI is InChI=1S/C8H12N2O4S2/c1-10-16(13,14)6-3-4-8(7(9)5-6)15(2,11)12/h3-5,10H,9H2,1-2H3. The van der Waals surface area contributed by atoms with Crippen molar-refractivity contribution in [1.29, 1.82) is 0 Å². The molecule has 0 aliphatic rings. The number of benzene rings is 1. The van der Waals surface area contributed by atoms with E-state index in [0.29, 0.717) is 0 Å². The van der Waals surface area contributed by atoms with E-state index in [-0.39, 0.29) is 15.5 Å². The zero-order valence-electron chi connectivity index (χ0n) is 8.76. The Morgan fingerprint density at radius 3 is 2.12 bits per heavy atom. The summed E-state index contributed by atoms with van der Waals surface area (Å²) in [7, 11) is -5.79. The van der Waals surface area contributed by atoms with Gasteiger partial charge in [-0.05, 0) is 25.2 Å². The van der Waals surface area contributed by atoms with E-state index in [1.54, 1.807) is 0 Å². The summed E-state index contributed by atoms with van der Waals surface area (Å²) in [6.07, 6.45) is 1.00. The van der Waals surface area contributed by atoms with Gasteiger partial charge in [-0.1, -0.05) is 0 Å². The van der Waals surface area contributed by atoms with Crippen molar-refractivity contribution in [2.45, 2.75) is 9.79 Å². The van der Waals surface area contributed by atoms with Crippen LogP contribution in [0.2, 0.25) is 0 Å². The lowest BCUT2D eigenvalue weighted by molar-refractivity contribution is 0.587. The molecule has 0 heterocycles. The van der Waals surface area contributed by atoms with E-state index in [4.69, 9.17) is 5.73 Å². The highest BCUT2D eigenvalue weighted by atomic mass is 32.2. The van der Waals surface area contributed by atoms with Crippen molar-refractivity contribution >= 4 is 25.5 Å². The van der Waals surface area contributed by atoms with Gasteiger partial charge in [0.15, 0.2) is 9.84 Å². The van der Waals surface area contributed by atoms with Crippen molar-refractivity contribution in [3.8, 4) is 0 Å². The normalized spacial score (nSPS) is 12.6. The monoisotopic (exact) mass is 264 g/mol. The maximum Gasteiger partial charge on any atom is 0.240 e. The van der Waals surface area contributed by atoms with Crippen LogP contribution in [0.15, 0.2) is 28.0 Å². The highest BCUT2D eigenvalue weighted by Gasteiger charge is 2.16. The second-order valence-electron chi connectivity index (χ2n) is 3.18. The average molecular weight is 264 g/mol. The Bertz CT molecular complexity index is 605. The molecular weight excluding hydrogens is 252 g/mol. The lowest BCUT2D eigenvalue weighted by Gasteiger charge is -2.06. The SMILES string of the molecule is CNS(=O)(=O)c1ccc(S(C)(=O)=O)c(N)c1. The van der Waals surface area contributed by atoms with E-state index in [9.17, 15) is 16.8 Å². The maximum atomic E-state index is 11.4. The molecule has 0 radical (unpaired) electrons. The molecule has 0 aromatic heterocycles. The van der Waals surface area contributed by atoms with Crippen LogP contribution in [0, 0.1) is 0 Å². The smallest absolute Gasteiger partial charge is 0.240 e. The molecule has 0 amide bonds. The van der Waals surface area contributed by atoms with Gasteiger partial charge in [-0.3, -0.25) is 0 Å². The molecule has 16 heavy (non-hydrogen) atoms. The molecule has 3 N–H and O–H groups in total. The van der Waals surface area contributed by atoms with Crippen LogP contribution in [-0.4, -0.2) is 30.1 Å². The Kier molecular flexibility index (Phi) is 3.27. The summed E-state index contributed by atoms with van der Waals surface area (Å²) in [5, 5.41) is 0. The van der Waals surface area contributed by atoms with Crippen molar-refractivity contribution in [1.82, 2.24) is 4.72 Å². The molecular formula is C8H12N2O4S2. The van der Waals surface area contributed by atoms with Crippen molar-refractivity contribution in [3.05, 3.63) is 18.2 Å². The number of rotatable bonds is 3. The minimum Gasteiger partial charge on any atom is -0.398 e. The first-order chi connectivity index (χ1) is 7.18. The third-order valence-corrected chi connectivity index (χ3v) is 4.54. The largest absolute Gasteiger partial charge is 0.398 e. The number of nitrogens with one attached hydrogen (secondary N) is 1. The van der Waals surface area contributed by atoms with Gasteiger partial charge >= 0.3 is 0 Å². The summed E-state index contributed by atoms with van der Waals surface area (Å²) in [5.41, 5.74) is 5.40. The summed E-state index contributed by atoms with van der Waals surface area (Å²) < 4.78 is 47.4. The zero-order chi connectivity index (χ0) is 12.6. The van der Waals surface area contributed by atoms with Crippen LogP contribution in [0.4, 0.5) is 5.69 Å². The van der Waals surface area contributed by atoms with Crippen LogP contribution < -0.4 is 10.5 Å². The third-order valence-electron chi connectivity index (χ3n) is 1.96. The average Bonchev–Trinajstić information content (AvgIpc) is 2.15. The number of nitrogens with two attached hydrogens (primary N) is 1. The fourth-order valence-corrected chi connectivity index (χ4v) is 2.72. The summed E-state index contributed by atoms with van der Waals surface area (Å²) >= 11 is 0. The molecule has 0 saturated heterocycles. The second-order valence-corrected chi connectivity index (χ2v) is 7.05. The first kappa shape index (κ1) is 12.9. The van der Waals surface area contributed by atoms with Gasteiger partial charge in [0.25, 0.3) is 0 Å². The molecule has 90 valence electrons. The number of sulfone groups is 1. The van der Waals surface area contributed by atoms with Gasteiger partial charge in [-0.2, -0.15) is 0 Å². The number of nitrogen functional groups attached to an aromatic ring is 1. The van der Waals surface area contributed by atoms with Gasteiger partial charge in [0.2, 0.25) is 10.0 Å². The fraction of sp³-hybridized carbons (Fsp3) is 0.250. The van der Waals surface area contributed by atoms with Crippen molar-refractivity contribution in [2.24, 2.45) is 0 Å². The minimum atomic E-state index is -3.61. The fourth-order valence-electron chi connectivity index (χ4n) is 1.15. The second kappa shape index (κ2) is 4.04. The van der Waals surface area contributed by atoms with Crippen LogP contribution in [0.3, 0.4) is 0 Å². The van der Waals surface area contributed by atoms with Crippen LogP contribution in [-0.2, 0) is 19.9 Å². The molecule has 0 spiro atoms. The predicted molar refractivity (Wildman–Crippen MR) is 60.2 cm³/mol. The molecule has 1 aromatic rings. The molecule has 0 saturated carbocycles. The van der Waals surface area contributed by atoms with Crippen LogP contribution >= 0.6 is 0 Å². The van der Waals surface area contributed by atoms with Gasteiger partial charge in [0, 0.05) is 6.26 Å². The van der Waals surface area contributed by atoms with Gasteiger partial charge in [0.05, 0.1) is 15.5 Å². The summed E-state index contributed by atoms with van der Waals surface area (Å²) in [4.78, 5) is -0.151. The quantitative estimate of drug-likeness (QED) is 0.721. The number of sulfonamides is 1. The van der Waals surface area contributed by atoms with Gasteiger partial charge < -0.3 is 5.73 Å². The highest BCUT2D eigenvalue weighted by molar-refractivity contribution is 7.91. The third kappa shape index (κ3) is 2.52. The van der Waals surface area contributed by atoms with Crippen molar-refractivity contribution < 1.29 is 16.8 Å². The van der Waals surface area contributed by atoms with E-state index in [1.165, 1.54) is 19.2 Å². The van der Waals surface area contributed by atoms with Crippen LogP contribution in [0.1, 0.15) is 0 Å². The number of anilines is 1. The summed E-state index contributed by atoms with van der Waals surface area (Å²) in [6.45, 7) is 0. The minimum absolute atomic E-state index is 0.0695. The molecule has 0 unspecified atom stereocenters. The Labute approximate surface area is 94.4 Å². The molecule has 0 aliphatic heterocycles. The predicted octanol–water partition coefficient (Wildman–Crippen LogP) is -0.420. The summed E-state index contributed by atoms with van der Waals surface area (Å²) in [6, 6.07) is 3.48. The van der Waals surface area contributed by atoms with E-state index < -0.39 is 19.9 Å². The van der Waals surface area contributed by atoms with Crippen LogP contribution in [0.5, 0.6) is 0 Å². The zero-order valence-corrected chi connectivity index (χ0v) is 10.4. The van der Waals surface area contributed by atoms with E-state index >= 15 is 0 Å². The van der Waals surface area contributed by atoms with E-state index in [1.807, 2.05) is 0 Å². The van der Waals surface area contributed by atoms with Crippen molar-refractivity contribution in [2.75, 3.05) is 19.0 Å². The molecule has 0 aliphatic carbocycles. The maximum absolute atomic E-state index is 11.4. The molecule has 6 nitrogen and oxygen atoms in total. The Balaban J connectivity index is 3.42. The lowest BCUT2D eigenvalue weighted by Crippen LogP contribution is -2.19. The molecule has 1 aromatic carbocycles. The van der Waals surface area contributed by atoms with Gasteiger partial charge in [0.1, 0.15) is 0 Å².